The van der Waals surface area contributed by atoms with Gasteiger partial charge in [-0.1, -0.05) is 6.08 Å². The van der Waals surface area contributed by atoms with Crippen molar-refractivity contribution in [2.24, 2.45) is 0 Å². The highest BCUT2D eigenvalue weighted by atomic mass is 19.1. The lowest BCUT2D eigenvalue weighted by Gasteiger charge is -2.41. The molecule has 2 heterocycles. The van der Waals surface area contributed by atoms with Crippen LogP contribution >= 0.6 is 0 Å². The molecule has 106 valence electrons. The Morgan fingerprint density at radius 3 is 2.85 bits per heavy atom. The van der Waals surface area contributed by atoms with Crippen molar-refractivity contribution in [3.63, 3.8) is 0 Å². The predicted molar refractivity (Wildman–Crippen MR) is 72.1 cm³/mol. The fourth-order valence-corrected chi connectivity index (χ4v) is 2.79. The Bertz CT molecular complexity index is 562. The molecule has 0 bridgehead atoms. The molecular formula is C15H16FNO3. The first-order valence-electron chi connectivity index (χ1n) is 6.68. The Hall–Kier alpha value is -1.88. The van der Waals surface area contributed by atoms with Crippen LogP contribution in [0.1, 0.15) is 18.4 Å². The summed E-state index contributed by atoms with van der Waals surface area (Å²) in [6, 6.07) is 4.50. The van der Waals surface area contributed by atoms with Crippen LogP contribution in [0.2, 0.25) is 0 Å². The summed E-state index contributed by atoms with van der Waals surface area (Å²) in [4.78, 5) is 12.6. The number of hydrogen-bond donors (Lipinski definition) is 1. The van der Waals surface area contributed by atoms with Crippen molar-refractivity contribution < 1.29 is 19.0 Å². The van der Waals surface area contributed by atoms with Crippen molar-refractivity contribution in [2.45, 2.75) is 18.4 Å². The molecule has 2 aliphatic rings. The molecule has 0 saturated carbocycles. The maximum Gasteiger partial charge on any atom is 0.317 e. The molecule has 0 radical (unpaired) electrons. The molecule has 1 aromatic carbocycles. The molecule has 1 spiro atoms. The molecule has 0 aliphatic carbocycles. The average Bonchev–Trinajstić information content (AvgIpc) is 2.42. The van der Waals surface area contributed by atoms with Gasteiger partial charge in [0.2, 0.25) is 0 Å². The van der Waals surface area contributed by atoms with Crippen LogP contribution in [-0.2, 0) is 4.79 Å². The zero-order valence-electron chi connectivity index (χ0n) is 11.0. The van der Waals surface area contributed by atoms with Gasteiger partial charge < -0.3 is 9.84 Å². The summed E-state index contributed by atoms with van der Waals surface area (Å²) >= 11 is 0. The summed E-state index contributed by atoms with van der Waals surface area (Å²) in [5.41, 5.74) is 0.378. The van der Waals surface area contributed by atoms with Gasteiger partial charge in [0.1, 0.15) is 17.2 Å². The van der Waals surface area contributed by atoms with E-state index in [4.69, 9.17) is 9.84 Å². The number of halogens is 1. The second-order valence-corrected chi connectivity index (χ2v) is 5.35. The molecule has 2 aliphatic heterocycles. The quantitative estimate of drug-likeness (QED) is 0.900. The molecule has 20 heavy (non-hydrogen) atoms. The maximum absolute atomic E-state index is 13.1. The zero-order chi connectivity index (χ0) is 14.2. The summed E-state index contributed by atoms with van der Waals surface area (Å²) < 4.78 is 19.2. The fraction of sp³-hybridized carbons (Fsp3) is 0.400. The summed E-state index contributed by atoms with van der Waals surface area (Å²) in [6.45, 7) is 1.45. The third-order valence-corrected chi connectivity index (χ3v) is 3.91. The van der Waals surface area contributed by atoms with E-state index in [1.807, 2.05) is 17.1 Å². The number of aliphatic carboxylic acids is 1. The minimum atomic E-state index is -0.804. The SMILES string of the molecule is O=C(O)CN1CCC2(C=Cc3cc(F)ccc3O2)CC1. The van der Waals surface area contributed by atoms with E-state index in [1.54, 1.807) is 6.07 Å². The van der Waals surface area contributed by atoms with Crippen molar-refractivity contribution in [3.05, 3.63) is 35.7 Å². The number of benzene rings is 1. The lowest BCUT2D eigenvalue weighted by molar-refractivity contribution is -0.139. The van der Waals surface area contributed by atoms with E-state index < -0.39 is 5.97 Å². The van der Waals surface area contributed by atoms with Crippen molar-refractivity contribution in [1.29, 1.82) is 0 Å². The molecule has 5 heteroatoms. The van der Waals surface area contributed by atoms with Crippen LogP contribution in [0, 0.1) is 5.82 Å². The number of carbonyl (C=O) groups is 1. The van der Waals surface area contributed by atoms with Crippen LogP contribution in [0.3, 0.4) is 0 Å². The third kappa shape index (κ3) is 2.54. The number of nitrogens with zero attached hydrogens (tertiary/aromatic N) is 1. The Morgan fingerprint density at radius 1 is 1.40 bits per heavy atom. The van der Waals surface area contributed by atoms with Gasteiger partial charge in [-0.3, -0.25) is 9.69 Å². The monoisotopic (exact) mass is 277 g/mol. The summed E-state index contributed by atoms with van der Waals surface area (Å²) in [5.74, 6) is -0.383. The fourth-order valence-electron chi connectivity index (χ4n) is 2.79. The summed E-state index contributed by atoms with van der Waals surface area (Å²) in [5, 5.41) is 8.80. The summed E-state index contributed by atoms with van der Waals surface area (Å²) in [7, 11) is 0. The smallest absolute Gasteiger partial charge is 0.317 e. The van der Waals surface area contributed by atoms with E-state index in [0.717, 1.165) is 18.4 Å². The number of carboxylic acids is 1. The molecular weight excluding hydrogens is 261 g/mol. The molecule has 1 saturated heterocycles. The van der Waals surface area contributed by atoms with Crippen molar-refractivity contribution >= 4 is 12.0 Å². The van der Waals surface area contributed by atoms with Gasteiger partial charge in [-0.05, 0) is 24.3 Å². The van der Waals surface area contributed by atoms with Crippen LogP contribution in [0.15, 0.2) is 24.3 Å². The Labute approximate surface area is 116 Å². The first-order valence-corrected chi connectivity index (χ1v) is 6.68. The number of fused-ring (bicyclic) bond motifs is 1. The van der Waals surface area contributed by atoms with Gasteiger partial charge in [0.15, 0.2) is 0 Å². The lowest BCUT2D eigenvalue weighted by Crippen LogP contribution is -2.48. The van der Waals surface area contributed by atoms with Crippen LogP contribution in [0.5, 0.6) is 5.75 Å². The van der Waals surface area contributed by atoms with Gasteiger partial charge in [0, 0.05) is 31.5 Å². The van der Waals surface area contributed by atoms with Crippen LogP contribution in [0.25, 0.3) is 6.08 Å². The predicted octanol–water partition coefficient (Wildman–Crippen LogP) is 2.15. The Balaban J connectivity index is 1.72. The lowest BCUT2D eigenvalue weighted by atomic mass is 9.88. The van der Waals surface area contributed by atoms with E-state index in [2.05, 4.69) is 0 Å². The average molecular weight is 277 g/mol. The second kappa shape index (κ2) is 4.90. The first-order chi connectivity index (χ1) is 9.56. The van der Waals surface area contributed by atoms with Crippen molar-refractivity contribution in [2.75, 3.05) is 19.6 Å². The number of carboxylic acid groups (broad SMARTS) is 1. The number of piperidine rings is 1. The molecule has 1 aromatic rings. The van der Waals surface area contributed by atoms with E-state index in [0.29, 0.717) is 18.8 Å². The van der Waals surface area contributed by atoms with Gasteiger partial charge in [-0.15, -0.1) is 0 Å². The van der Waals surface area contributed by atoms with Crippen molar-refractivity contribution in [3.8, 4) is 5.75 Å². The van der Waals surface area contributed by atoms with Crippen LogP contribution in [-0.4, -0.2) is 41.2 Å². The van der Waals surface area contributed by atoms with E-state index in [-0.39, 0.29) is 18.0 Å². The minimum absolute atomic E-state index is 0.0710. The van der Waals surface area contributed by atoms with E-state index in [1.165, 1.54) is 12.1 Å². The van der Waals surface area contributed by atoms with E-state index >= 15 is 0 Å². The molecule has 4 nitrogen and oxygen atoms in total. The third-order valence-electron chi connectivity index (χ3n) is 3.91. The topological polar surface area (TPSA) is 49.8 Å². The molecule has 1 N–H and O–H groups in total. The minimum Gasteiger partial charge on any atom is -0.482 e. The van der Waals surface area contributed by atoms with Gasteiger partial charge in [0.25, 0.3) is 0 Å². The van der Waals surface area contributed by atoms with Crippen LogP contribution < -0.4 is 4.74 Å². The van der Waals surface area contributed by atoms with Crippen LogP contribution in [0.4, 0.5) is 4.39 Å². The second-order valence-electron chi connectivity index (χ2n) is 5.35. The van der Waals surface area contributed by atoms with Gasteiger partial charge in [0.05, 0.1) is 6.54 Å². The van der Waals surface area contributed by atoms with Gasteiger partial charge in [-0.2, -0.15) is 0 Å². The highest BCUT2D eigenvalue weighted by molar-refractivity contribution is 5.69. The Morgan fingerprint density at radius 2 is 2.15 bits per heavy atom. The molecule has 0 amide bonds. The molecule has 1 fully saturated rings. The molecule has 0 unspecified atom stereocenters. The maximum atomic E-state index is 13.1. The number of rotatable bonds is 2. The largest absolute Gasteiger partial charge is 0.482 e. The number of ether oxygens (including phenoxy) is 1. The van der Waals surface area contributed by atoms with E-state index in [9.17, 15) is 9.18 Å². The van der Waals surface area contributed by atoms with Gasteiger partial charge in [-0.25, -0.2) is 4.39 Å². The Kier molecular flexibility index (Phi) is 3.22. The summed E-state index contributed by atoms with van der Waals surface area (Å²) in [6.07, 6.45) is 5.36. The standard InChI is InChI=1S/C15H16FNO3/c16-12-1-2-13-11(9-12)3-4-15(20-13)5-7-17(8-6-15)10-14(18)19/h1-4,9H,5-8,10H2,(H,18,19). The zero-order valence-corrected chi connectivity index (χ0v) is 11.0. The van der Waals surface area contributed by atoms with Gasteiger partial charge >= 0.3 is 5.97 Å². The molecule has 0 atom stereocenters. The highest BCUT2D eigenvalue weighted by Crippen LogP contribution is 2.37. The molecule has 3 rings (SSSR count). The normalized spacial score (nSPS) is 20.4. The highest BCUT2D eigenvalue weighted by Gasteiger charge is 2.37. The van der Waals surface area contributed by atoms with Crippen molar-refractivity contribution in [1.82, 2.24) is 4.90 Å². The number of hydrogen-bond acceptors (Lipinski definition) is 3. The number of likely N-dealkylation sites (tertiary alicyclic amines) is 1. The molecule has 0 aromatic heterocycles. The first kappa shape index (κ1) is 13.1.